The molecule has 3 rings (SSSR count). The standard InChI is InChI=1S/C23H28O3.Li/c24-23(25)22-21(26-22)20-17-11-10-16-19(20)15-9-4-2-1-3-6-12-18-13-7-5-8-14-18;/h5,7-8,10-11,13-14,16-17,21-22H,1-4,6,9,12,15H2,(H,24,25);/q;+1/p-1/t21-,22+;/m0./s1. The number of carbonyl (C=O) groups is 1. The number of hydrogen-bond donors (Lipinski definition) is 0. The van der Waals surface area contributed by atoms with E-state index in [1.807, 2.05) is 18.2 Å². The van der Waals surface area contributed by atoms with Crippen LogP contribution in [0.25, 0.3) is 0 Å². The quantitative estimate of drug-likeness (QED) is 0.342. The maximum Gasteiger partial charge on any atom is 1.00 e. The van der Waals surface area contributed by atoms with Gasteiger partial charge in [0.25, 0.3) is 0 Å². The van der Waals surface area contributed by atoms with Crippen LogP contribution in [0.5, 0.6) is 0 Å². The molecule has 2 aromatic carbocycles. The van der Waals surface area contributed by atoms with Crippen LogP contribution in [-0.4, -0.2) is 12.1 Å². The van der Waals surface area contributed by atoms with Gasteiger partial charge in [0, 0.05) is 0 Å². The first-order valence-corrected chi connectivity index (χ1v) is 9.74. The van der Waals surface area contributed by atoms with Crippen molar-refractivity contribution in [3.05, 3.63) is 71.3 Å². The third-order valence-electron chi connectivity index (χ3n) is 5.09. The van der Waals surface area contributed by atoms with Crippen molar-refractivity contribution in [2.24, 2.45) is 0 Å². The number of rotatable bonds is 11. The van der Waals surface area contributed by atoms with Gasteiger partial charge in [-0.15, -0.1) is 0 Å². The van der Waals surface area contributed by atoms with Gasteiger partial charge in [0.1, 0.15) is 12.2 Å². The molecule has 1 saturated heterocycles. The predicted molar refractivity (Wildman–Crippen MR) is 101 cm³/mol. The second-order valence-corrected chi connectivity index (χ2v) is 7.10. The van der Waals surface area contributed by atoms with E-state index in [0.717, 1.165) is 18.4 Å². The molecule has 1 aliphatic heterocycles. The van der Waals surface area contributed by atoms with Crippen LogP contribution in [0, 0.1) is 0 Å². The zero-order valence-corrected chi connectivity index (χ0v) is 16.2. The molecule has 0 unspecified atom stereocenters. The number of ether oxygens (including phenoxy) is 1. The number of epoxide rings is 1. The summed E-state index contributed by atoms with van der Waals surface area (Å²) in [5, 5.41) is 10.9. The second kappa shape index (κ2) is 11.3. The van der Waals surface area contributed by atoms with E-state index >= 15 is 0 Å². The van der Waals surface area contributed by atoms with E-state index in [0.29, 0.717) is 0 Å². The zero-order valence-electron chi connectivity index (χ0n) is 16.2. The summed E-state index contributed by atoms with van der Waals surface area (Å²) in [4.78, 5) is 10.9. The van der Waals surface area contributed by atoms with E-state index in [-0.39, 0.29) is 25.0 Å². The molecule has 0 bridgehead atoms. The normalized spacial score (nSPS) is 17.9. The largest absolute Gasteiger partial charge is 1.00 e. The number of unbranched alkanes of at least 4 members (excludes halogenated alkanes) is 5. The first-order chi connectivity index (χ1) is 12.8. The first-order valence-electron chi connectivity index (χ1n) is 9.74. The van der Waals surface area contributed by atoms with Crippen molar-refractivity contribution in [2.45, 2.75) is 63.6 Å². The fourth-order valence-electron chi connectivity index (χ4n) is 3.56. The topological polar surface area (TPSA) is 52.7 Å². The minimum absolute atomic E-state index is 0. The maximum atomic E-state index is 10.9. The Morgan fingerprint density at radius 1 is 0.815 bits per heavy atom. The van der Waals surface area contributed by atoms with Crippen molar-refractivity contribution in [1.82, 2.24) is 0 Å². The Hall–Kier alpha value is -1.53. The molecule has 0 saturated carbocycles. The van der Waals surface area contributed by atoms with E-state index < -0.39 is 12.1 Å². The van der Waals surface area contributed by atoms with Crippen molar-refractivity contribution in [2.75, 3.05) is 0 Å². The van der Waals surface area contributed by atoms with E-state index in [2.05, 4.69) is 36.4 Å². The number of carboxylic acid groups (broad SMARTS) is 1. The summed E-state index contributed by atoms with van der Waals surface area (Å²) in [6, 6.07) is 18.7. The smallest absolute Gasteiger partial charge is 0.547 e. The Kier molecular flexibility index (Phi) is 9.14. The molecule has 0 amide bonds. The van der Waals surface area contributed by atoms with Crippen LogP contribution < -0.4 is 24.0 Å². The van der Waals surface area contributed by atoms with Gasteiger partial charge in [-0.25, -0.2) is 0 Å². The predicted octanol–water partition coefficient (Wildman–Crippen LogP) is 1.01. The average molecular weight is 358 g/mol. The second-order valence-electron chi connectivity index (χ2n) is 7.10. The van der Waals surface area contributed by atoms with Gasteiger partial charge in [0.15, 0.2) is 0 Å². The molecular formula is C23H27LiO3. The third-order valence-corrected chi connectivity index (χ3v) is 5.09. The fourth-order valence-corrected chi connectivity index (χ4v) is 3.56. The van der Waals surface area contributed by atoms with E-state index in [1.165, 1.54) is 49.7 Å². The molecule has 4 heteroatoms. The van der Waals surface area contributed by atoms with Crippen LogP contribution in [0.15, 0.2) is 54.6 Å². The Morgan fingerprint density at radius 3 is 2.07 bits per heavy atom. The first kappa shape index (κ1) is 21.8. The van der Waals surface area contributed by atoms with Crippen LogP contribution in [0.4, 0.5) is 0 Å². The molecule has 3 nitrogen and oxygen atoms in total. The van der Waals surface area contributed by atoms with Crippen molar-refractivity contribution >= 4 is 5.97 Å². The molecule has 1 heterocycles. The minimum atomic E-state index is -1.11. The molecule has 0 aliphatic carbocycles. The summed E-state index contributed by atoms with van der Waals surface area (Å²) in [5.74, 6) is -1.11. The Labute approximate surface area is 174 Å². The number of carboxylic acids is 1. The van der Waals surface area contributed by atoms with Crippen LogP contribution >= 0.6 is 0 Å². The SMILES string of the molecule is O=C([O-])[C@@H]1O[C@H]1c1ccccc1CCCCCCCCc1ccccc1.[Li+]. The summed E-state index contributed by atoms with van der Waals surface area (Å²) >= 11 is 0. The van der Waals surface area contributed by atoms with E-state index in [9.17, 15) is 9.90 Å². The Morgan fingerprint density at radius 2 is 1.41 bits per heavy atom. The number of aliphatic carboxylic acids is 1. The van der Waals surface area contributed by atoms with Gasteiger partial charge in [-0.1, -0.05) is 80.3 Å². The van der Waals surface area contributed by atoms with Gasteiger partial charge < -0.3 is 14.6 Å². The molecule has 2 atom stereocenters. The molecule has 27 heavy (non-hydrogen) atoms. The monoisotopic (exact) mass is 358 g/mol. The average Bonchev–Trinajstić information content (AvgIpc) is 3.46. The van der Waals surface area contributed by atoms with Gasteiger partial charge in [-0.05, 0) is 42.4 Å². The Bertz CT molecular complexity index is 702. The fraction of sp³-hybridized carbons (Fsp3) is 0.435. The zero-order chi connectivity index (χ0) is 18.2. The third kappa shape index (κ3) is 6.85. The van der Waals surface area contributed by atoms with Gasteiger partial charge in [-0.2, -0.15) is 0 Å². The van der Waals surface area contributed by atoms with Crippen molar-refractivity contribution in [3.63, 3.8) is 0 Å². The van der Waals surface area contributed by atoms with Crippen molar-refractivity contribution in [1.29, 1.82) is 0 Å². The molecule has 2 aromatic rings. The summed E-state index contributed by atoms with van der Waals surface area (Å²) in [5.41, 5.74) is 3.66. The number of hydrogen-bond acceptors (Lipinski definition) is 3. The van der Waals surface area contributed by atoms with Crippen molar-refractivity contribution in [3.8, 4) is 0 Å². The maximum absolute atomic E-state index is 10.9. The molecule has 1 aliphatic rings. The summed E-state index contributed by atoms with van der Waals surface area (Å²) < 4.78 is 5.25. The molecule has 0 spiro atoms. The molecule has 0 N–H and O–H groups in total. The van der Waals surface area contributed by atoms with Crippen LogP contribution in [0.3, 0.4) is 0 Å². The Balaban J connectivity index is 0.00000261. The summed E-state index contributed by atoms with van der Waals surface area (Å²) in [6.07, 6.45) is 8.54. The van der Waals surface area contributed by atoms with Crippen molar-refractivity contribution < 1.29 is 33.5 Å². The molecule has 138 valence electrons. The van der Waals surface area contributed by atoms with Gasteiger partial charge in [0.2, 0.25) is 0 Å². The van der Waals surface area contributed by atoms with Gasteiger partial charge >= 0.3 is 18.9 Å². The van der Waals surface area contributed by atoms with Crippen LogP contribution in [0.1, 0.15) is 61.3 Å². The number of aryl methyl sites for hydroxylation is 2. The van der Waals surface area contributed by atoms with Crippen LogP contribution in [-0.2, 0) is 22.4 Å². The number of carbonyl (C=O) groups excluding carboxylic acids is 1. The minimum Gasteiger partial charge on any atom is -0.547 e. The molecular weight excluding hydrogens is 331 g/mol. The van der Waals surface area contributed by atoms with Gasteiger partial charge in [-0.3, -0.25) is 0 Å². The molecule has 0 aromatic heterocycles. The van der Waals surface area contributed by atoms with Gasteiger partial charge in [0.05, 0.1) is 5.97 Å². The van der Waals surface area contributed by atoms with E-state index in [4.69, 9.17) is 4.74 Å². The molecule has 0 radical (unpaired) electrons. The summed E-state index contributed by atoms with van der Waals surface area (Å²) in [7, 11) is 0. The number of benzene rings is 2. The summed E-state index contributed by atoms with van der Waals surface area (Å²) in [6.45, 7) is 0. The molecule has 1 fully saturated rings. The van der Waals surface area contributed by atoms with E-state index in [1.54, 1.807) is 0 Å². The van der Waals surface area contributed by atoms with Crippen LogP contribution in [0.2, 0.25) is 0 Å².